The van der Waals surface area contributed by atoms with Crippen LogP contribution in [0.2, 0.25) is 0 Å². The summed E-state index contributed by atoms with van der Waals surface area (Å²) in [6.07, 6.45) is 2.86. The van der Waals surface area contributed by atoms with Gasteiger partial charge in [0, 0.05) is 24.4 Å². The van der Waals surface area contributed by atoms with Crippen molar-refractivity contribution in [3.8, 4) is 0 Å². The van der Waals surface area contributed by atoms with Crippen molar-refractivity contribution < 1.29 is 4.79 Å². The zero-order valence-corrected chi connectivity index (χ0v) is 20.2. The van der Waals surface area contributed by atoms with E-state index in [9.17, 15) is 4.79 Å². The lowest BCUT2D eigenvalue weighted by atomic mass is 10.1. The fraction of sp³-hybridized carbons (Fsp3) is 0.360. The molecule has 0 unspecified atom stereocenters. The Labute approximate surface area is 198 Å². The third kappa shape index (κ3) is 5.63. The Morgan fingerprint density at radius 2 is 1.94 bits per heavy atom. The van der Waals surface area contributed by atoms with E-state index in [0.717, 1.165) is 51.5 Å². The molecular weight excluding hydrogens is 432 g/mol. The van der Waals surface area contributed by atoms with Gasteiger partial charge in [-0.25, -0.2) is 14.6 Å². The lowest BCUT2D eigenvalue weighted by Gasteiger charge is -2.11. The molecule has 0 radical (unpaired) electrons. The van der Waals surface area contributed by atoms with Crippen LogP contribution in [-0.2, 0) is 6.54 Å². The van der Waals surface area contributed by atoms with E-state index in [1.165, 1.54) is 0 Å². The minimum absolute atomic E-state index is 0.0923. The first-order valence-corrected chi connectivity index (χ1v) is 12.4. The predicted molar refractivity (Wildman–Crippen MR) is 136 cm³/mol. The van der Waals surface area contributed by atoms with E-state index in [0.29, 0.717) is 24.6 Å². The van der Waals surface area contributed by atoms with Crippen LogP contribution in [0.1, 0.15) is 37.6 Å². The second-order valence-corrected chi connectivity index (χ2v) is 9.46. The van der Waals surface area contributed by atoms with Crippen molar-refractivity contribution in [1.82, 2.24) is 25.1 Å². The van der Waals surface area contributed by atoms with Crippen molar-refractivity contribution in [2.24, 2.45) is 5.92 Å². The summed E-state index contributed by atoms with van der Waals surface area (Å²) in [5.41, 5.74) is 1.44. The molecule has 1 amide bonds. The number of nitrogens with one attached hydrogen (secondary N) is 2. The van der Waals surface area contributed by atoms with Crippen LogP contribution in [0, 0.1) is 5.92 Å². The molecule has 2 heterocycles. The van der Waals surface area contributed by atoms with Gasteiger partial charge >= 0.3 is 0 Å². The fourth-order valence-corrected chi connectivity index (χ4v) is 4.19. The Bertz CT molecular complexity index is 1250. The number of carbonyl (C=O) groups is 1. The molecule has 4 rings (SSSR count). The lowest BCUT2D eigenvalue weighted by Crippen LogP contribution is -2.27. The molecule has 0 bridgehead atoms. The molecule has 0 spiro atoms. The number of hydrogen-bond acceptors (Lipinski definition) is 6. The average Bonchev–Trinajstić information content (AvgIpc) is 3.23. The Hall–Kier alpha value is -3.13. The molecule has 0 saturated carbocycles. The van der Waals surface area contributed by atoms with Crippen LogP contribution in [0.3, 0.4) is 0 Å². The Kier molecular flexibility index (Phi) is 7.44. The van der Waals surface area contributed by atoms with Gasteiger partial charge in [0.15, 0.2) is 10.8 Å². The largest absolute Gasteiger partial charge is 0.369 e. The van der Waals surface area contributed by atoms with Gasteiger partial charge in [0.2, 0.25) is 0 Å². The molecule has 2 aromatic carbocycles. The first-order chi connectivity index (χ1) is 16.0. The molecule has 8 heteroatoms. The first kappa shape index (κ1) is 23.0. The summed E-state index contributed by atoms with van der Waals surface area (Å²) >= 11 is 1.65. The summed E-state index contributed by atoms with van der Waals surface area (Å²) in [5, 5.41) is 14.8. The van der Waals surface area contributed by atoms with Crippen LogP contribution >= 0.6 is 11.8 Å². The number of nitrogens with zero attached hydrogens (tertiary/aromatic N) is 4. The highest BCUT2D eigenvalue weighted by Gasteiger charge is 2.14. The van der Waals surface area contributed by atoms with Crippen LogP contribution < -0.4 is 10.6 Å². The molecule has 33 heavy (non-hydrogen) atoms. The molecule has 0 saturated heterocycles. The van der Waals surface area contributed by atoms with E-state index in [1.807, 2.05) is 47.1 Å². The van der Waals surface area contributed by atoms with Crippen LogP contribution in [0.25, 0.3) is 21.8 Å². The number of anilines is 1. The molecule has 2 N–H and O–H groups in total. The van der Waals surface area contributed by atoms with Gasteiger partial charge in [0.05, 0.1) is 18.1 Å². The summed E-state index contributed by atoms with van der Waals surface area (Å²) < 4.78 is 1.84. The maximum Gasteiger partial charge on any atom is 0.251 e. The number of benzene rings is 2. The van der Waals surface area contributed by atoms with Gasteiger partial charge in [-0.15, -0.1) is 0 Å². The Morgan fingerprint density at radius 3 is 2.73 bits per heavy atom. The summed E-state index contributed by atoms with van der Waals surface area (Å²) in [6, 6.07) is 13.8. The van der Waals surface area contributed by atoms with Gasteiger partial charge < -0.3 is 10.6 Å². The highest BCUT2D eigenvalue weighted by atomic mass is 32.2. The number of carbonyl (C=O) groups excluding carboxylic acids is 1. The minimum Gasteiger partial charge on any atom is -0.369 e. The van der Waals surface area contributed by atoms with Gasteiger partial charge in [0.25, 0.3) is 5.91 Å². The van der Waals surface area contributed by atoms with E-state index < -0.39 is 0 Å². The van der Waals surface area contributed by atoms with Gasteiger partial charge in [-0.1, -0.05) is 62.9 Å². The van der Waals surface area contributed by atoms with E-state index in [2.05, 4.69) is 36.5 Å². The first-order valence-electron chi connectivity index (χ1n) is 11.4. The minimum atomic E-state index is -0.0923. The second kappa shape index (κ2) is 10.7. The van der Waals surface area contributed by atoms with Gasteiger partial charge in [-0.3, -0.25) is 4.79 Å². The number of aromatic nitrogens is 4. The van der Waals surface area contributed by atoms with Gasteiger partial charge in [-0.05, 0) is 35.2 Å². The van der Waals surface area contributed by atoms with Crippen LogP contribution in [0.4, 0.5) is 5.82 Å². The van der Waals surface area contributed by atoms with Crippen molar-refractivity contribution in [2.45, 2.75) is 38.9 Å². The monoisotopic (exact) mass is 462 g/mol. The molecule has 0 aliphatic rings. The topological polar surface area (TPSA) is 84.7 Å². The van der Waals surface area contributed by atoms with Crippen LogP contribution in [-0.4, -0.2) is 44.5 Å². The number of thioether (sulfide) groups is 1. The SMILES string of the molecule is CCCSc1nc(NCC(C)C)c2cnn(CCNC(=O)c3ccc4ccccc4c3)c2n1. The Balaban J connectivity index is 1.48. The highest BCUT2D eigenvalue weighted by molar-refractivity contribution is 7.99. The zero-order chi connectivity index (χ0) is 23.2. The maximum absolute atomic E-state index is 12.7. The molecule has 0 fully saturated rings. The summed E-state index contributed by atoms with van der Waals surface area (Å²) in [4.78, 5) is 22.1. The molecular formula is C25H30N6OS. The Morgan fingerprint density at radius 1 is 1.12 bits per heavy atom. The number of hydrogen-bond donors (Lipinski definition) is 2. The van der Waals surface area contributed by atoms with Crippen LogP contribution in [0.5, 0.6) is 0 Å². The fourth-order valence-electron chi connectivity index (χ4n) is 3.50. The number of amides is 1. The molecule has 0 aliphatic heterocycles. The average molecular weight is 463 g/mol. The standard InChI is InChI=1S/C25H30N6OS/c1-4-13-33-25-29-22(27-15-17(2)3)21-16-28-31(23(21)30-25)12-11-26-24(32)20-10-9-18-7-5-6-8-19(18)14-20/h5-10,14,16-17H,4,11-13,15H2,1-3H3,(H,26,32)(H,27,29,30). The van der Waals surface area contributed by atoms with Crippen molar-refractivity contribution in [3.63, 3.8) is 0 Å². The summed E-state index contributed by atoms with van der Waals surface area (Å²) in [5.74, 6) is 2.19. The molecule has 0 aliphatic carbocycles. The maximum atomic E-state index is 12.7. The second-order valence-electron chi connectivity index (χ2n) is 8.40. The molecule has 4 aromatic rings. The highest BCUT2D eigenvalue weighted by Crippen LogP contribution is 2.25. The third-order valence-electron chi connectivity index (χ3n) is 5.21. The van der Waals surface area contributed by atoms with Crippen molar-refractivity contribution in [3.05, 3.63) is 54.2 Å². The van der Waals surface area contributed by atoms with E-state index >= 15 is 0 Å². The van der Waals surface area contributed by atoms with E-state index in [4.69, 9.17) is 9.97 Å². The molecule has 2 aromatic heterocycles. The lowest BCUT2D eigenvalue weighted by molar-refractivity contribution is 0.0952. The van der Waals surface area contributed by atoms with Crippen molar-refractivity contribution >= 4 is 45.3 Å². The normalized spacial score (nSPS) is 11.4. The summed E-state index contributed by atoms with van der Waals surface area (Å²) in [7, 11) is 0. The zero-order valence-electron chi connectivity index (χ0n) is 19.3. The molecule has 7 nitrogen and oxygen atoms in total. The molecule has 172 valence electrons. The van der Waals surface area contributed by atoms with Crippen molar-refractivity contribution in [1.29, 1.82) is 0 Å². The quantitative estimate of drug-likeness (QED) is 0.255. The van der Waals surface area contributed by atoms with E-state index in [1.54, 1.807) is 18.0 Å². The summed E-state index contributed by atoms with van der Waals surface area (Å²) in [6.45, 7) is 8.29. The van der Waals surface area contributed by atoms with E-state index in [-0.39, 0.29) is 5.91 Å². The predicted octanol–water partition coefficient (Wildman–Crippen LogP) is 4.98. The van der Waals surface area contributed by atoms with Crippen molar-refractivity contribution in [2.75, 3.05) is 24.2 Å². The smallest absolute Gasteiger partial charge is 0.251 e. The van der Waals surface area contributed by atoms with Gasteiger partial charge in [0.1, 0.15) is 5.82 Å². The third-order valence-corrected chi connectivity index (χ3v) is 6.26. The van der Waals surface area contributed by atoms with Crippen LogP contribution in [0.15, 0.2) is 53.8 Å². The van der Waals surface area contributed by atoms with Gasteiger partial charge in [-0.2, -0.15) is 5.10 Å². The number of rotatable bonds is 10. The molecule has 0 atom stereocenters. The number of fused-ring (bicyclic) bond motifs is 2.